The van der Waals surface area contributed by atoms with Crippen LogP contribution in [-0.4, -0.2) is 44.2 Å². The number of nitro benzene ring substituents is 1. The van der Waals surface area contributed by atoms with Crippen LogP contribution < -0.4 is 19.7 Å². The van der Waals surface area contributed by atoms with Crippen molar-refractivity contribution in [1.82, 2.24) is 0 Å². The number of benzene rings is 2. The van der Waals surface area contributed by atoms with Crippen molar-refractivity contribution in [2.24, 2.45) is 0 Å². The zero-order chi connectivity index (χ0) is 19.8. The van der Waals surface area contributed by atoms with Crippen LogP contribution in [0.25, 0.3) is 0 Å². The molecule has 0 fully saturated rings. The van der Waals surface area contributed by atoms with Crippen molar-refractivity contribution in [1.29, 1.82) is 0 Å². The maximum Gasteiger partial charge on any atom is 0.282 e. The number of hydrogen-bond donors (Lipinski definition) is 2. The standard InChI is InChI=1S/C19H23N3O5/c1-14(21(2)11-12-27-16-7-5-4-6-8-16)19(23)20-17-10-9-15(22(24)25)13-18(17)26-3/h4-10,13-14H,11-12H2,1-3H3,(H,20,23)/p+1/t14-/m0/s1. The van der Waals surface area contributed by atoms with E-state index in [-0.39, 0.29) is 23.4 Å². The summed E-state index contributed by atoms with van der Waals surface area (Å²) >= 11 is 0. The molecule has 0 heterocycles. The van der Waals surface area contributed by atoms with Gasteiger partial charge >= 0.3 is 0 Å². The number of para-hydroxylation sites is 1. The minimum Gasteiger partial charge on any atom is -0.494 e. The Morgan fingerprint density at radius 3 is 2.59 bits per heavy atom. The Morgan fingerprint density at radius 2 is 1.96 bits per heavy atom. The van der Waals surface area contributed by atoms with Gasteiger partial charge in [0.1, 0.15) is 24.7 Å². The van der Waals surface area contributed by atoms with Crippen LogP contribution in [-0.2, 0) is 4.79 Å². The number of nitro groups is 1. The molecule has 2 aromatic rings. The summed E-state index contributed by atoms with van der Waals surface area (Å²) in [5.41, 5.74) is 0.298. The number of amides is 1. The molecule has 0 aliphatic heterocycles. The molecule has 1 unspecified atom stereocenters. The average molecular weight is 374 g/mol. The summed E-state index contributed by atoms with van der Waals surface area (Å²) in [7, 11) is 3.31. The zero-order valence-electron chi connectivity index (χ0n) is 15.6. The van der Waals surface area contributed by atoms with E-state index in [9.17, 15) is 14.9 Å². The van der Waals surface area contributed by atoms with Crippen LogP contribution in [0, 0.1) is 10.1 Å². The SMILES string of the molecule is COc1cc([N+](=O)[O-])ccc1NC(=O)[C@H](C)[NH+](C)CCOc1ccccc1. The Bertz CT molecular complexity index is 782. The van der Waals surface area contributed by atoms with Gasteiger partial charge in [-0.05, 0) is 25.1 Å². The molecule has 144 valence electrons. The van der Waals surface area contributed by atoms with Gasteiger partial charge in [0.25, 0.3) is 11.6 Å². The average Bonchev–Trinajstić information content (AvgIpc) is 2.68. The highest BCUT2D eigenvalue weighted by Gasteiger charge is 2.23. The maximum absolute atomic E-state index is 12.5. The van der Waals surface area contributed by atoms with E-state index >= 15 is 0 Å². The molecule has 0 saturated carbocycles. The normalized spacial score (nSPS) is 12.7. The summed E-state index contributed by atoms with van der Waals surface area (Å²) in [4.78, 5) is 23.8. The smallest absolute Gasteiger partial charge is 0.282 e. The van der Waals surface area contributed by atoms with Crippen molar-refractivity contribution in [3.05, 3.63) is 58.6 Å². The van der Waals surface area contributed by atoms with E-state index in [4.69, 9.17) is 9.47 Å². The Kier molecular flexibility index (Phi) is 7.13. The quantitative estimate of drug-likeness (QED) is 0.513. The first-order chi connectivity index (χ1) is 12.9. The lowest BCUT2D eigenvalue weighted by Gasteiger charge is -2.21. The predicted molar refractivity (Wildman–Crippen MR) is 101 cm³/mol. The van der Waals surface area contributed by atoms with E-state index in [0.717, 1.165) is 10.6 Å². The molecular weight excluding hydrogens is 350 g/mol. The number of likely N-dealkylation sites (N-methyl/N-ethyl adjacent to an activating group) is 1. The second kappa shape index (κ2) is 9.54. The number of anilines is 1. The number of methoxy groups -OCH3 is 1. The van der Waals surface area contributed by atoms with Gasteiger partial charge in [0.05, 0.1) is 30.8 Å². The van der Waals surface area contributed by atoms with Crippen LogP contribution in [0.4, 0.5) is 11.4 Å². The van der Waals surface area contributed by atoms with Gasteiger partial charge in [-0.2, -0.15) is 0 Å². The molecule has 0 saturated heterocycles. The molecule has 0 aliphatic carbocycles. The third-order valence-electron chi connectivity index (χ3n) is 4.29. The summed E-state index contributed by atoms with van der Waals surface area (Å²) in [6.07, 6.45) is 0. The van der Waals surface area contributed by atoms with Crippen LogP contribution in [0.3, 0.4) is 0 Å². The van der Waals surface area contributed by atoms with Crippen molar-refractivity contribution >= 4 is 17.3 Å². The van der Waals surface area contributed by atoms with Crippen molar-refractivity contribution in [3.8, 4) is 11.5 Å². The molecular formula is C19H24N3O5+. The number of ether oxygens (including phenoxy) is 2. The summed E-state index contributed by atoms with van der Waals surface area (Å²) in [5.74, 6) is 0.826. The highest BCUT2D eigenvalue weighted by atomic mass is 16.6. The molecule has 2 rings (SSSR count). The van der Waals surface area contributed by atoms with E-state index in [1.807, 2.05) is 44.3 Å². The van der Waals surface area contributed by atoms with Crippen LogP contribution in [0.1, 0.15) is 6.92 Å². The van der Waals surface area contributed by atoms with Gasteiger partial charge in [-0.25, -0.2) is 0 Å². The third-order valence-corrected chi connectivity index (χ3v) is 4.29. The van der Waals surface area contributed by atoms with Crippen molar-refractivity contribution in [3.63, 3.8) is 0 Å². The zero-order valence-corrected chi connectivity index (χ0v) is 15.6. The second-order valence-electron chi connectivity index (χ2n) is 6.11. The van der Waals surface area contributed by atoms with E-state index < -0.39 is 4.92 Å². The van der Waals surface area contributed by atoms with Crippen molar-refractivity contribution in [2.75, 3.05) is 32.6 Å². The van der Waals surface area contributed by atoms with Crippen molar-refractivity contribution in [2.45, 2.75) is 13.0 Å². The molecule has 0 spiro atoms. The summed E-state index contributed by atoms with van der Waals surface area (Å²) in [6.45, 7) is 2.93. The van der Waals surface area contributed by atoms with Gasteiger partial charge in [0, 0.05) is 6.07 Å². The molecule has 0 radical (unpaired) electrons. The number of rotatable bonds is 9. The lowest BCUT2D eigenvalue weighted by Crippen LogP contribution is -3.14. The molecule has 2 N–H and O–H groups in total. The van der Waals surface area contributed by atoms with Gasteiger partial charge in [0.15, 0.2) is 6.04 Å². The highest BCUT2D eigenvalue weighted by Crippen LogP contribution is 2.28. The van der Waals surface area contributed by atoms with Crippen molar-refractivity contribution < 1.29 is 24.1 Å². The molecule has 8 nitrogen and oxygen atoms in total. The van der Waals surface area contributed by atoms with Gasteiger partial charge in [-0.1, -0.05) is 18.2 Å². The lowest BCUT2D eigenvalue weighted by molar-refractivity contribution is -0.894. The molecule has 0 aromatic heterocycles. The minimum absolute atomic E-state index is 0.0984. The number of nitrogens with zero attached hydrogens (tertiary/aromatic N) is 1. The van der Waals surface area contributed by atoms with E-state index in [1.165, 1.54) is 25.3 Å². The second-order valence-corrected chi connectivity index (χ2v) is 6.11. The predicted octanol–water partition coefficient (Wildman–Crippen LogP) is 1.52. The molecule has 1 amide bonds. The van der Waals surface area contributed by atoms with E-state index in [1.54, 1.807) is 0 Å². The molecule has 0 aliphatic rings. The molecule has 8 heteroatoms. The Balaban J connectivity index is 1.91. The first kappa shape index (κ1) is 20.2. The minimum atomic E-state index is -0.512. The molecule has 27 heavy (non-hydrogen) atoms. The Labute approximate surface area is 157 Å². The Morgan fingerprint density at radius 1 is 1.26 bits per heavy atom. The number of nitrogens with one attached hydrogen (secondary N) is 2. The van der Waals surface area contributed by atoms with Crippen LogP contribution in [0.15, 0.2) is 48.5 Å². The topological polar surface area (TPSA) is 95.1 Å². The summed E-state index contributed by atoms with van der Waals surface area (Å²) in [6, 6.07) is 13.2. The van der Waals surface area contributed by atoms with Gasteiger partial charge in [-0.3, -0.25) is 14.9 Å². The largest absolute Gasteiger partial charge is 0.494 e. The number of carbonyl (C=O) groups is 1. The monoisotopic (exact) mass is 374 g/mol. The van der Waals surface area contributed by atoms with E-state index in [0.29, 0.717) is 18.8 Å². The number of hydrogen-bond acceptors (Lipinski definition) is 5. The highest BCUT2D eigenvalue weighted by molar-refractivity contribution is 5.95. The van der Waals surface area contributed by atoms with Crippen LogP contribution in [0.5, 0.6) is 11.5 Å². The fourth-order valence-electron chi connectivity index (χ4n) is 2.42. The van der Waals surface area contributed by atoms with Gasteiger partial charge < -0.3 is 19.7 Å². The number of carbonyl (C=O) groups excluding carboxylic acids is 1. The lowest BCUT2D eigenvalue weighted by atomic mass is 10.2. The molecule has 2 atom stereocenters. The fourth-order valence-corrected chi connectivity index (χ4v) is 2.42. The molecule has 2 aromatic carbocycles. The first-order valence-electron chi connectivity index (χ1n) is 8.56. The number of quaternary nitrogens is 1. The fraction of sp³-hybridized carbons (Fsp3) is 0.316. The van der Waals surface area contributed by atoms with Gasteiger partial charge in [0.2, 0.25) is 0 Å². The number of non-ortho nitro benzene ring substituents is 1. The van der Waals surface area contributed by atoms with E-state index in [2.05, 4.69) is 5.32 Å². The molecule has 0 bridgehead atoms. The van der Waals surface area contributed by atoms with Crippen LogP contribution in [0.2, 0.25) is 0 Å². The summed E-state index contributed by atoms with van der Waals surface area (Å²) in [5, 5.41) is 13.6. The van der Waals surface area contributed by atoms with Crippen LogP contribution >= 0.6 is 0 Å². The Hall–Kier alpha value is -3.13. The maximum atomic E-state index is 12.5. The third kappa shape index (κ3) is 5.68. The first-order valence-corrected chi connectivity index (χ1v) is 8.56. The van der Waals surface area contributed by atoms with Gasteiger partial charge in [-0.15, -0.1) is 0 Å². The summed E-state index contributed by atoms with van der Waals surface area (Å²) < 4.78 is 10.8.